The Balaban J connectivity index is 2.48. The van der Waals surface area contributed by atoms with E-state index in [9.17, 15) is 0 Å². The van der Waals surface area contributed by atoms with Crippen molar-refractivity contribution in [3.63, 3.8) is 0 Å². The molecule has 0 bridgehead atoms. The second-order valence-electron chi connectivity index (χ2n) is 4.94. The maximum absolute atomic E-state index is 3.48. The third-order valence-corrected chi connectivity index (χ3v) is 4.24. The highest BCUT2D eigenvalue weighted by atomic mass is 15.2. The predicted molar refractivity (Wildman–Crippen MR) is 67.2 cm³/mol. The van der Waals surface area contributed by atoms with Gasteiger partial charge in [-0.1, -0.05) is 20.8 Å². The lowest BCUT2D eigenvalue weighted by Crippen LogP contribution is -2.38. The maximum Gasteiger partial charge on any atom is 0.0107 e. The molecule has 2 nitrogen and oxygen atoms in total. The molecular formula is C13H28N2. The molecule has 90 valence electrons. The number of hydrogen-bond donors (Lipinski definition) is 1. The van der Waals surface area contributed by atoms with Crippen LogP contribution >= 0.6 is 0 Å². The highest BCUT2D eigenvalue weighted by Crippen LogP contribution is 2.31. The van der Waals surface area contributed by atoms with Crippen molar-refractivity contribution in [1.82, 2.24) is 10.2 Å². The van der Waals surface area contributed by atoms with Crippen LogP contribution in [-0.4, -0.2) is 37.6 Å². The molecule has 1 saturated heterocycles. The van der Waals surface area contributed by atoms with E-state index >= 15 is 0 Å². The quantitative estimate of drug-likeness (QED) is 0.753. The molecule has 0 atom stereocenters. The summed E-state index contributed by atoms with van der Waals surface area (Å²) in [5, 5.41) is 3.48. The maximum atomic E-state index is 3.48. The second-order valence-corrected chi connectivity index (χ2v) is 4.94. The molecule has 1 rings (SSSR count). The summed E-state index contributed by atoms with van der Waals surface area (Å²) in [6, 6.07) is 0. The summed E-state index contributed by atoms with van der Waals surface area (Å²) >= 11 is 0. The van der Waals surface area contributed by atoms with Gasteiger partial charge in [-0.2, -0.15) is 0 Å². The molecule has 15 heavy (non-hydrogen) atoms. The van der Waals surface area contributed by atoms with E-state index in [-0.39, 0.29) is 0 Å². The minimum Gasteiger partial charge on any atom is -0.315 e. The lowest BCUT2D eigenvalue weighted by atomic mass is 9.79. The molecule has 1 aliphatic heterocycles. The summed E-state index contributed by atoms with van der Waals surface area (Å²) < 4.78 is 0. The van der Waals surface area contributed by atoms with E-state index in [1.54, 1.807) is 0 Å². The Morgan fingerprint density at radius 2 is 1.67 bits per heavy atom. The van der Waals surface area contributed by atoms with Crippen LogP contribution < -0.4 is 5.32 Å². The molecule has 0 aromatic rings. The van der Waals surface area contributed by atoms with Gasteiger partial charge in [-0.15, -0.1) is 0 Å². The van der Waals surface area contributed by atoms with Crippen molar-refractivity contribution in [2.45, 2.75) is 46.5 Å². The van der Waals surface area contributed by atoms with Gasteiger partial charge < -0.3 is 10.2 Å². The van der Waals surface area contributed by atoms with Gasteiger partial charge >= 0.3 is 0 Å². The van der Waals surface area contributed by atoms with E-state index in [1.807, 2.05) is 0 Å². The van der Waals surface area contributed by atoms with E-state index < -0.39 is 0 Å². The Morgan fingerprint density at radius 3 is 2.27 bits per heavy atom. The normalized spacial score (nSPS) is 20.2. The van der Waals surface area contributed by atoms with Crippen LogP contribution in [0.4, 0.5) is 0 Å². The predicted octanol–water partition coefficient (Wildman–Crippen LogP) is 2.50. The first-order valence-corrected chi connectivity index (χ1v) is 6.69. The van der Waals surface area contributed by atoms with E-state index in [0.29, 0.717) is 5.41 Å². The molecule has 0 saturated carbocycles. The Morgan fingerprint density at radius 1 is 1.00 bits per heavy atom. The molecule has 0 aliphatic carbocycles. The van der Waals surface area contributed by atoms with Crippen LogP contribution in [0.3, 0.4) is 0 Å². The summed E-state index contributed by atoms with van der Waals surface area (Å²) in [6.07, 6.45) is 5.28. The number of rotatable bonds is 5. The molecule has 0 amide bonds. The summed E-state index contributed by atoms with van der Waals surface area (Å²) in [5.41, 5.74) is 0.574. The van der Waals surface area contributed by atoms with Gasteiger partial charge in [-0.25, -0.2) is 0 Å². The summed E-state index contributed by atoms with van der Waals surface area (Å²) in [5.74, 6) is 0. The van der Waals surface area contributed by atoms with E-state index in [2.05, 4.69) is 31.0 Å². The Bertz CT molecular complexity index is 148. The molecule has 0 unspecified atom stereocenters. The highest BCUT2D eigenvalue weighted by Gasteiger charge is 2.26. The van der Waals surface area contributed by atoms with Gasteiger partial charge in [-0.05, 0) is 44.2 Å². The van der Waals surface area contributed by atoms with Gasteiger partial charge in [0.2, 0.25) is 0 Å². The van der Waals surface area contributed by atoms with Gasteiger partial charge in [0.25, 0.3) is 0 Å². The van der Waals surface area contributed by atoms with Crippen LogP contribution in [0, 0.1) is 5.41 Å². The van der Waals surface area contributed by atoms with Crippen LogP contribution in [0.2, 0.25) is 0 Å². The van der Waals surface area contributed by atoms with E-state index in [0.717, 1.165) is 0 Å². The zero-order valence-electron chi connectivity index (χ0n) is 10.8. The van der Waals surface area contributed by atoms with Crippen molar-refractivity contribution in [3.05, 3.63) is 0 Å². The monoisotopic (exact) mass is 212 g/mol. The largest absolute Gasteiger partial charge is 0.315 e. The highest BCUT2D eigenvalue weighted by molar-refractivity contribution is 4.80. The third-order valence-electron chi connectivity index (χ3n) is 4.24. The Kier molecular flexibility index (Phi) is 5.62. The van der Waals surface area contributed by atoms with Crippen molar-refractivity contribution in [2.75, 3.05) is 32.7 Å². The van der Waals surface area contributed by atoms with Gasteiger partial charge in [0.05, 0.1) is 0 Å². The third kappa shape index (κ3) is 3.76. The fourth-order valence-electron chi connectivity index (χ4n) is 2.62. The number of nitrogens with one attached hydrogen (secondary N) is 1. The molecule has 1 N–H and O–H groups in total. The van der Waals surface area contributed by atoms with Crippen molar-refractivity contribution >= 4 is 0 Å². The van der Waals surface area contributed by atoms with Crippen LogP contribution in [0.5, 0.6) is 0 Å². The van der Waals surface area contributed by atoms with E-state index in [4.69, 9.17) is 0 Å². The summed E-state index contributed by atoms with van der Waals surface area (Å²) in [7, 11) is 0. The van der Waals surface area contributed by atoms with Gasteiger partial charge in [0.15, 0.2) is 0 Å². The first-order valence-electron chi connectivity index (χ1n) is 6.69. The SMILES string of the molecule is CCC(CC)(CC)CN1CCCNCC1. The summed E-state index contributed by atoms with van der Waals surface area (Å²) in [6.45, 7) is 13.3. The van der Waals surface area contributed by atoms with E-state index in [1.165, 1.54) is 58.4 Å². The molecule has 0 aromatic carbocycles. The molecule has 0 aromatic heterocycles. The zero-order valence-corrected chi connectivity index (χ0v) is 10.8. The minimum atomic E-state index is 0.574. The fraction of sp³-hybridized carbons (Fsp3) is 1.00. The second kappa shape index (κ2) is 6.49. The molecule has 0 radical (unpaired) electrons. The van der Waals surface area contributed by atoms with Gasteiger partial charge in [0, 0.05) is 19.6 Å². The lowest BCUT2D eigenvalue weighted by molar-refractivity contribution is 0.138. The van der Waals surface area contributed by atoms with Gasteiger partial charge in [-0.3, -0.25) is 0 Å². The standard InChI is InChI=1S/C13H28N2/c1-4-13(5-2,6-3)12-15-10-7-8-14-9-11-15/h14H,4-12H2,1-3H3. The molecule has 1 aliphatic rings. The Hall–Kier alpha value is -0.0800. The van der Waals surface area contributed by atoms with Crippen molar-refractivity contribution < 1.29 is 0 Å². The molecular weight excluding hydrogens is 184 g/mol. The summed E-state index contributed by atoms with van der Waals surface area (Å²) in [4.78, 5) is 2.66. The van der Waals surface area contributed by atoms with Crippen LogP contribution in [-0.2, 0) is 0 Å². The first kappa shape index (κ1) is 13.0. The fourth-order valence-corrected chi connectivity index (χ4v) is 2.62. The van der Waals surface area contributed by atoms with Crippen LogP contribution in [0.1, 0.15) is 46.5 Å². The average Bonchev–Trinajstić information content (AvgIpc) is 2.54. The Labute approximate surface area is 95.4 Å². The molecule has 1 heterocycles. The number of nitrogens with zero attached hydrogens (tertiary/aromatic N) is 1. The first-order chi connectivity index (χ1) is 7.26. The molecule has 0 spiro atoms. The topological polar surface area (TPSA) is 15.3 Å². The molecule has 1 fully saturated rings. The van der Waals surface area contributed by atoms with Crippen molar-refractivity contribution in [3.8, 4) is 0 Å². The smallest absolute Gasteiger partial charge is 0.0107 e. The zero-order chi connectivity index (χ0) is 11.1. The van der Waals surface area contributed by atoms with Crippen LogP contribution in [0.25, 0.3) is 0 Å². The van der Waals surface area contributed by atoms with Crippen molar-refractivity contribution in [2.24, 2.45) is 5.41 Å². The van der Waals surface area contributed by atoms with Crippen LogP contribution in [0.15, 0.2) is 0 Å². The average molecular weight is 212 g/mol. The molecule has 2 heteroatoms. The lowest BCUT2D eigenvalue weighted by Gasteiger charge is -2.36. The van der Waals surface area contributed by atoms with Crippen molar-refractivity contribution in [1.29, 1.82) is 0 Å². The number of hydrogen-bond acceptors (Lipinski definition) is 2. The van der Waals surface area contributed by atoms with Gasteiger partial charge in [0.1, 0.15) is 0 Å². The minimum absolute atomic E-state index is 0.574.